The zero-order valence-electron chi connectivity index (χ0n) is 9.02. The Kier molecular flexibility index (Phi) is 2.97. The molecule has 0 saturated heterocycles. The Balaban J connectivity index is 2.35. The number of rotatable bonds is 2. The van der Waals surface area contributed by atoms with Crippen LogP contribution in [0, 0.1) is 12.7 Å². The second kappa shape index (κ2) is 4.41. The summed E-state index contributed by atoms with van der Waals surface area (Å²) in [6.45, 7) is 1.96. The van der Waals surface area contributed by atoms with E-state index >= 15 is 0 Å². The van der Waals surface area contributed by atoms with Gasteiger partial charge in [-0.15, -0.1) is 0 Å². The molecule has 0 aliphatic carbocycles. The van der Waals surface area contributed by atoms with E-state index in [0.29, 0.717) is 0 Å². The van der Waals surface area contributed by atoms with Crippen LogP contribution in [0.5, 0.6) is 0 Å². The van der Waals surface area contributed by atoms with Gasteiger partial charge in [0.05, 0.1) is 6.04 Å². The maximum Gasteiger partial charge on any atom is 0.123 e. The summed E-state index contributed by atoms with van der Waals surface area (Å²) in [5.74, 6) is -0.248. The number of pyridine rings is 1. The van der Waals surface area contributed by atoms with Crippen LogP contribution in [0.3, 0.4) is 0 Å². The molecule has 0 aliphatic rings. The summed E-state index contributed by atoms with van der Waals surface area (Å²) in [6, 6.07) is 7.92. The van der Waals surface area contributed by atoms with Crippen molar-refractivity contribution in [2.45, 2.75) is 13.0 Å². The molecule has 0 aliphatic heterocycles. The van der Waals surface area contributed by atoms with Crippen LogP contribution >= 0.6 is 0 Å². The quantitative estimate of drug-likeness (QED) is 0.838. The molecule has 2 rings (SSSR count). The molecular formula is C13H13FN2. The number of nitrogens with two attached hydrogens (primary N) is 1. The van der Waals surface area contributed by atoms with Crippen molar-refractivity contribution in [3.63, 3.8) is 0 Å². The van der Waals surface area contributed by atoms with Crippen LogP contribution in [0.25, 0.3) is 0 Å². The van der Waals surface area contributed by atoms with Gasteiger partial charge in [0.2, 0.25) is 0 Å². The van der Waals surface area contributed by atoms with Crippen LogP contribution in [-0.4, -0.2) is 4.98 Å². The van der Waals surface area contributed by atoms with Gasteiger partial charge in [0.25, 0.3) is 0 Å². The number of hydrogen-bond donors (Lipinski definition) is 1. The van der Waals surface area contributed by atoms with Crippen LogP contribution in [0.4, 0.5) is 4.39 Å². The predicted octanol–water partition coefficient (Wildman–Crippen LogP) is 2.58. The third-order valence-electron chi connectivity index (χ3n) is 2.63. The Labute approximate surface area is 93.9 Å². The third-order valence-corrected chi connectivity index (χ3v) is 2.63. The van der Waals surface area contributed by atoms with E-state index in [4.69, 9.17) is 5.73 Å². The van der Waals surface area contributed by atoms with Gasteiger partial charge in [0.1, 0.15) is 5.82 Å². The number of nitrogens with zero attached hydrogens (tertiary/aromatic N) is 1. The standard InChI is InChI=1S/C13H13FN2/c1-9-8-16-7-6-12(9)13(15)10-2-4-11(14)5-3-10/h2-8,13H,15H2,1H3. The molecule has 0 bridgehead atoms. The molecule has 0 radical (unpaired) electrons. The lowest BCUT2D eigenvalue weighted by molar-refractivity contribution is 0.626. The predicted molar refractivity (Wildman–Crippen MR) is 61.4 cm³/mol. The van der Waals surface area contributed by atoms with Crippen molar-refractivity contribution in [3.05, 3.63) is 65.2 Å². The minimum Gasteiger partial charge on any atom is -0.320 e. The molecule has 2 aromatic rings. The Bertz CT molecular complexity index is 480. The molecule has 2 nitrogen and oxygen atoms in total. The monoisotopic (exact) mass is 216 g/mol. The number of aryl methyl sites for hydroxylation is 1. The van der Waals surface area contributed by atoms with Crippen LogP contribution in [0.1, 0.15) is 22.7 Å². The van der Waals surface area contributed by atoms with E-state index < -0.39 is 0 Å². The molecule has 0 saturated carbocycles. The lowest BCUT2D eigenvalue weighted by Gasteiger charge is -2.14. The average molecular weight is 216 g/mol. The van der Waals surface area contributed by atoms with Gasteiger partial charge >= 0.3 is 0 Å². The van der Waals surface area contributed by atoms with Gasteiger partial charge in [-0.1, -0.05) is 12.1 Å². The molecule has 1 aromatic carbocycles. The van der Waals surface area contributed by atoms with Gasteiger partial charge in [-0.05, 0) is 41.8 Å². The molecule has 0 fully saturated rings. The summed E-state index contributed by atoms with van der Waals surface area (Å²) in [5.41, 5.74) is 9.07. The number of halogens is 1. The number of aromatic nitrogens is 1. The first-order valence-electron chi connectivity index (χ1n) is 5.10. The van der Waals surface area contributed by atoms with Gasteiger partial charge < -0.3 is 5.73 Å². The van der Waals surface area contributed by atoms with E-state index in [9.17, 15) is 4.39 Å². The Hall–Kier alpha value is -1.74. The second-order valence-corrected chi connectivity index (χ2v) is 3.76. The first-order chi connectivity index (χ1) is 7.68. The van der Waals surface area contributed by atoms with Crippen molar-refractivity contribution in [2.75, 3.05) is 0 Å². The maximum absolute atomic E-state index is 12.8. The normalized spacial score (nSPS) is 12.4. The highest BCUT2D eigenvalue weighted by Gasteiger charge is 2.10. The smallest absolute Gasteiger partial charge is 0.123 e. The van der Waals surface area contributed by atoms with Crippen molar-refractivity contribution in [1.82, 2.24) is 4.98 Å². The fourth-order valence-electron chi connectivity index (χ4n) is 1.68. The van der Waals surface area contributed by atoms with Crippen LogP contribution in [-0.2, 0) is 0 Å². The fraction of sp³-hybridized carbons (Fsp3) is 0.154. The summed E-state index contributed by atoms with van der Waals surface area (Å²) in [4.78, 5) is 4.02. The van der Waals surface area contributed by atoms with Crippen molar-refractivity contribution in [1.29, 1.82) is 0 Å². The van der Waals surface area contributed by atoms with Crippen molar-refractivity contribution in [3.8, 4) is 0 Å². The Morgan fingerprint density at radius 1 is 1.19 bits per heavy atom. The van der Waals surface area contributed by atoms with E-state index in [1.165, 1.54) is 12.1 Å². The van der Waals surface area contributed by atoms with E-state index in [-0.39, 0.29) is 11.9 Å². The topological polar surface area (TPSA) is 38.9 Å². The SMILES string of the molecule is Cc1cnccc1C(N)c1ccc(F)cc1. The lowest BCUT2D eigenvalue weighted by atomic mass is 9.97. The van der Waals surface area contributed by atoms with Gasteiger partial charge in [0, 0.05) is 12.4 Å². The lowest BCUT2D eigenvalue weighted by Crippen LogP contribution is -2.13. The molecule has 1 atom stereocenters. The second-order valence-electron chi connectivity index (χ2n) is 3.76. The van der Waals surface area contributed by atoms with Gasteiger partial charge in [-0.25, -0.2) is 4.39 Å². The molecule has 1 unspecified atom stereocenters. The molecule has 3 heteroatoms. The van der Waals surface area contributed by atoms with E-state index in [1.807, 2.05) is 13.0 Å². The summed E-state index contributed by atoms with van der Waals surface area (Å²) < 4.78 is 12.8. The summed E-state index contributed by atoms with van der Waals surface area (Å²) in [6.07, 6.45) is 3.49. The fourth-order valence-corrected chi connectivity index (χ4v) is 1.68. The Morgan fingerprint density at radius 3 is 2.50 bits per heavy atom. The van der Waals surface area contributed by atoms with Crippen molar-refractivity contribution >= 4 is 0 Å². The number of hydrogen-bond acceptors (Lipinski definition) is 2. The van der Waals surface area contributed by atoms with E-state index in [1.54, 1.807) is 24.5 Å². The largest absolute Gasteiger partial charge is 0.320 e. The zero-order chi connectivity index (χ0) is 11.5. The van der Waals surface area contributed by atoms with Gasteiger partial charge in [0.15, 0.2) is 0 Å². The molecule has 2 N–H and O–H groups in total. The highest BCUT2D eigenvalue weighted by molar-refractivity contribution is 5.34. The molecule has 1 aromatic heterocycles. The summed E-state index contributed by atoms with van der Waals surface area (Å²) in [7, 11) is 0. The highest BCUT2D eigenvalue weighted by Crippen LogP contribution is 2.21. The highest BCUT2D eigenvalue weighted by atomic mass is 19.1. The van der Waals surface area contributed by atoms with Gasteiger partial charge in [-0.2, -0.15) is 0 Å². The van der Waals surface area contributed by atoms with Gasteiger partial charge in [-0.3, -0.25) is 4.98 Å². The van der Waals surface area contributed by atoms with E-state index in [0.717, 1.165) is 16.7 Å². The van der Waals surface area contributed by atoms with Crippen molar-refractivity contribution in [2.24, 2.45) is 5.73 Å². The van der Waals surface area contributed by atoms with E-state index in [2.05, 4.69) is 4.98 Å². The first-order valence-corrected chi connectivity index (χ1v) is 5.10. The maximum atomic E-state index is 12.8. The van der Waals surface area contributed by atoms with Crippen LogP contribution in [0.15, 0.2) is 42.7 Å². The minimum atomic E-state index is -0.248. The molecule has 1 heterocycles. The number of benzene rings is 1. The molecular weight excluding hydrogens is 203 g/mol. The molecule has 82 valence electrons. The molecule has 16 heavy (non-hydrogen) atoms. The Morgan fingerprint density at radius 2 is 1.88 bits per heavy atom. The van der Waals surface area contributed by atoms with Crippen LogP contribution < -0.4 is 5.73 Å². The summed E-state index contributed by atoms with van der Waals surface area (Å²) >= 11 is 0. The molecule has 0 spiro atoms. The minimum absolute atomic E-state index is 0.233. The van der Waals surface area contributed by atoms with Crippen LogP contribution in [0.2, 0.25) is 0 Å². The average Bonchev–Trinajstić information content (AvgIpc) is 2.30. The first kappa shape index (κ1) is 10.8. The third kappa shape index (κ3) is 2.09. The zero-order valence-corrected chi connectivity index (χ0v) is 9.02. The summed E-state index contributed by atoms with van der Waals surface area (Å²) in [5, 5.41) is 0. The van der Waals surface area contributed by atoms with Crippen molar-refractivity contribution < 1.29 is 4.39 Å². The molecule has 0 amide bonds.